The van der Waals surface area contributed by atoms with Crippen LogP contribution in [0.4, 0.5) is 26.7 Å². The first kappa shape index (κ1) is 73.5. The van der Waals surface area contributed by atoms with E-state index < -0.39 is 138 Å². The summed E-state index contributed by atoms with van der Waals surface area (Å²) in [5, 5.41) is 38.1. The molecule has 0 aromatic heterocycles. The molecule has 2 aromatic rings. The second-order valence-corrected chi connectivity index (χ2v) is 25.2. The van der Waals surface area contributed by atoms with E-state index in [2.05, 4.69) is 26.6 Å². The van der Waals surface area contributed by atoms with Gasteiger partial charge in [0.15, 0.2) is 12.0 Å². The topological polar surface area (TPSA) is 378 Å². The molecule has 5 aliphatic heterocycles. The number of likely N-dealkylation sites (N-methyl/N-ethyl adjacent to an activating group) is 1. The number of hydroxylamine groups is 2. The van der Waals surface area contributed by atoms with Crippen LogP contribution in [0.2, 0.25) is 5.02 Å². The van der Waals surface area contributed by atoms with Crippen LogP contribution in [0.5, 0.6) is 5.75 Å². The van der Waals surface area contributed by atoms with Gasteiger partial charge in [-0.25, -0.2) is 14.4 Å². The number of halogens is 1. The van der Waals surface area contributed by atoms with Gasteiger partial charge in [0.1, 0.15) is 46.8 Å². The maximum absolute atomic E-state index is 14.7. The van der Waals surface area contributed by atoms with Crippen molar-refractivity contribution < 1.29 is 91.4 Å². The highest BCUT2D eigenvalue weighted by molar-refractivity contribution is 6.35. The van der Waals surface area contributed by atoms with Crippen LogP contribution in [0.25, 0.3) is 0 Å². The number of benzene rings is 2. The van der Waals surface area contributed by atoms with Crippen LogP contribution >= 0.6 is 11.6 Å². The molecule has 4 fully saturated rings. The maximum atomic E-state index is 14.7. The molecule has 1 unspecified atom stereocenters. The molecule has 30 heteroatoms. The Morgan fingerprint density at radius 1 is 0.936 bits per heavy atom. The SMILES string of the molecule is COc1cc2cc(c1Cl)N(C)C(=O)C[C@H](OC(O)[C@H](C)N(C)C(=O)c1ccc(NC(=O)[C@H](CCCNC(N)=O)NC(=O)[C@@H](NC(=O)CCCCC(=O)ON3C(=O)CCC3=O)C(C)C)c(N3CCOCC3)c1)[C@]1(C)O[C@H]1[C@H](C)[C@@H]1C[C@@](O)(NC(=O)O1)[C@H](OC)/C=C/C=C(\C)C2. The molecule has 4 saturated heterocycles. The summed E-state index contributed by atoms with van der Waals surface area (Å²) in [5.41, 5.74) is 4.80. The number of morpholine rings is 1. The van der Waals surface area contributed by atoms with Gasteiger partial charge in [0, 0.05) is 84.4 Å². The number of carbonyl (C=O) groups excluding carboxylic acids is 10. The van der Waals surface area contributed by atoms with Gasteiger partial charge in [0.2, 0.25) is 23.6 Å². The number of unbranched alkanes of at least 4 members (excludes halogenated alkanes) is 1. The van der Waals surface area contributed by atoms with Crippen molar-refractivity contribution in [3.8, 4) is 5.75 Å². The van der Waals surface area contributed by atoms with Crippen molar-refractivity contribution in [1.82, 2.24) is 31.2 Å². The van der Waals surface area contributed by atoms with Crippen molar-refractivity contribution in [3.05, 3.63) is 70.3 Å². The van der Waals surface area contributed by atoms with Crippen molar-refractivity contribution in [2.75, 3.05) is 76.3 Å². The van der Waals surface area contributed by atoms with E-state index in [9.17, 15) is 58.2 Å². The summed E-state index contributed by atoms with van der Waals surface area (Å²) in [5.74, 6) is -5.81. The van der Waals surface area contributed by atoms with E-state index in [0.29, 0.717) is 54.9 Å². The van der Waals surface area contributed by atoms with E-state index in [4.69, 9.17) is 50.6 Å². The van der Waals surface area contributed by atoms with E-state index in [1.807, 2.05) is 17.9 Å². The predicted octanol–water partition coefficient (Wildman–Crippen LogP) is 3.64. The number of anilines is 3. The molecule has 0 aliphatic carbocycles. The number of imide groups is 1. The molecule has 0 saturated carbocycles. The number of aliphatic hydroxyl groups excluding tert-OH is 1. The van der Waals surface area contributed by atoms with Crippen LogP contribution in [0, 0.1) is 11.8 Å². The minimum atomic E-state index is -1.92. The minimum Gasteiger partial charge on any atom is -0.495 e. The summed E-state index contributed by atoms with van der Waals surface area (Å²) >= 11 is 6.90. The van der Waals surface area contributed by atoms with Gasteiger partial charge in [-0.15, -0.1) is 5.06 Å². The number of carbonyl (C=O) groups is 10. The molecule has 5 heterocycles. The Balaban J connectivity index is 1.09. The number of urea groups is 1. The average molecular weight is 1340 g/mol. The number of epoxide rings is 1. The zero-order valence-corrected chi connectivity index (χ0v) is 55.5. The number of alkyl carbamates (subject to hydrolysis) is 1. The van der Waals surface area contributed by atoms with Crippen LogP contribution < -0.4 is 46.9 Å². The van der Waals surface area contributed by atoms with Gasteiger partial charge in [-0.05, 0) is 94.7 Å². The quantitative estimate of drug-likeness (QED) is 0.0322. The summed E-state index contributed by atoms with van der Waals surface area (Å²) in [6.07, 6.45) is -1.45. The van der Waals surface area contributed by atoms with Crippen molar-refractivity contribution >= 4 is 88.1 Å². The Morgan fingerprint density at radius 3 is 2.29 bits per heavy atom. The molecule has 9 N–H and O–H groups in total. The lowest BCUT2D eigenvalue weighted by Gasteiger charge is -2.42. The molecule has 11 atom stereocenters. The second kappa shape index (κ2) is 32.5. The maximum Gasteiger partial charge on any atom is 0.409 e. The van der Waals surface area contributed by atoms with Gasteiger partial charge in [0.05, 0.1) is 56.0 Å². The van der Waals surface area contributed by atoms with Gasteiger partial charge < -0.3 is 85.2 Å². The molecule has 94 heavy (non-hydrogen) atoms. The zero-order valence-electron chi connectivity index (χ0n) is 54.8. The Hall–Kier alpha value is -7.93. The number of nitrogens with zero attached hydrogens (tertiary/aromatic N) is 4. The number of amides is 10. The number of hydrogen-bond acceptors (Lipinski definition) is 20. The fourth-order valence-electron chi connectivity index (χ4n) is 11.7. The van der Waals surface area contributed by atoms with Gasteiger partial charge in [0.25, 0.3) is 17.7 Å². The average Bonchev–Trinajstić information content (AvgIpc) is 1.57. The molecule has 0 spiro atoms. The molecule has 5 aliphatic rings. The highest BCUT2D eigenvalue weighted by atomic mass is 35.5. The van der Waals surface area contributed by atoms with E-state index >= 15 is 0 Å². The zero-order chi connectivity index (χ0) is 68.9. The summed E-state index contributed by atoms with van der Waals surface area (Å²) in [6.45, 7) is 11.7. The van der Waals surface area contributed by atoms with Crippen LogP contribution in [0.15, 0.2) is 54.1 Å². The highest BCUT2D eigenvalue weighted by Crippen LogP contribution is 2.49. The summed E-state index contributed by atoms with van der Waals surface area (Å²) in [4.78, 5) is 141. The Bertz CT molecular complexity index is 3200. The fourth-order valence-corrected chi connectivity index (χ4v) is 12.0. The van der Waals surface area contributed by atoms with E-state index in [1.54, 1.807) is 72.0 Å². The van der Waals surface area contributed by atoms with Gasteiger partial charge in [-0.1, -0.05) is 56.2 Å². The Labute approximate surface area is 550 Å². The number of aliphatic hydroxyl groups is 2. The Morgan fingerprint density at radius 2 is 1.63 bits per heavy atom. The van der Waals surface area contributed by atoms with Crippen LogP contribution in [0.1, 0.15) is 122 Å². The number of nitrogens with one attached hydrogen (secondary N) is 5. The van der Waals surface area contributed by atoms with E-state index in [-0.39, 0.29) is 80.6 Å². The molecule has 10 amide bonds. The van der Waals surface area contributed by atoms with Crippen molar-refractivity contribution in [2.45, 2.75) is 172 Å². The van der Waals surface area contributed by atoms with Crippen molar-refractivity contribution in [1.29, 1.82) is 0 Å². The summed E-state index contributed by atoms with van der Waals surface area (Å²) < 4.78 is 35.7. The lowest BCUT2D eigenvalue weighted by atomic mass is 9.83. The third-order valence-electron chi connectivity index (χ3n) is 17.6. The lowest BCUT2D eigenvalue weighted by Crippen LogP contribution is -2.63. The molecule has 2 aromatic carbocycles. The minimum absolute atomic E-state index is 0.00495. The first-order valence-electron chi connectivity index (χ1n) is 31.5. The van der Waals surface area contributed by atoms with Crippen molar-refractivity contribution in [3.63, 3.8) is 0 Å². The molecular weight excluding hydrogens is 1250 g/mol. The monoisotopic (exact) mass is 1340 g/mol. The fraction of sp³-hybridized carbons (Fsp3) is 0.594. The summed E-state index contributed by atoms with van der Waals surface area (Å²) in [6, 6.07) is 3.82. The third-order valence-corrected chi connectivity index (χ3v) is 17.9. The van der Waals surface area contributed by atoms with Gasteiger partial charge in [-0.2, -0.15) is 0 Å². The molecule has 7 rings (SSSR count). The molecule has 516 valence electrons. The number of primary amides is 1. The third kappa shape index (κ3) is 18.5. The number of hydrogen-bond donors (Lipinski definition) is 8. The lowest BCUT2D eigenvalue weighted by molar-refractivity contribution is -0.197. The van der Waals surface area contributed by atoms with E-state index in [0.717, 1.165) is 11.1 Å². The Kier molecular flexibility index (Phi) is 25.4. The number of ether oxygens (including phenoxy) is 6. The second-order valence-electron chi connectivity index (χ2n) is 24.8. The standard InChI is InChI=1S/C64H89ClN10O19/c1-35(2)55(70-49(76)18-11-12-19-53(80)94-75-50(77)22-23-51(75)78)58(82)69-42(16-14-24-67-61(66)85)57(81)68-41-21-20-40(32-43(41)74-25-27-90-28-26-74)59(83)72(7)38(5)60(84)92-48-33-52(79)73(8)44-30-39(31-45(88-9)54(44)65)29-36(3)15-13-17-47(89-10)64(87)34-46(91-62(86)71-64)37(4)56-63(48,6)93-56/h13,15,17,20-21,30-32,35,37-38,42,46-48,55-56,60,84,87H,11-12,14,16,18-19,22-29,33-34H2,1-10H3,(H,68,81)(H,69,82)(H,70,76)(H,71,86)(H3,66,67,85)/b17-13+,36-15+/t37-,38+,42+,46+,47-,48+,55+,56+,60?,63+,64+/m1/s1. The predicted molar refractivity (Wildman–Crippen MR) is 341 cm³/mol. The van der Waals surface area contributed by atoms with Gasteiger partial charge >= 0.3 is 18.1 Å². The molecule has 29 nitrogen and oxygen atoms in total. The van der Waals surface area contributed by atoms with Crippen molar-refractivity contribution in [2.24, 2.45) is 17.6 Å². The normalized spacial score (nSPS) is 25.4. The number of nitrogens with two attached hydrogens (primary N) is 1. The molecule has 4 bridgehead atoms. The largest absolute Gasteiger partial charge is 0.495 e. The smallest absolute Gasteiger partial charge is 0.409 e. The number of fused-ring (bicyclic) bond motifs is 5. The number of methoxy groups -OCH3 is 2. The molecular formula is C64H89ClN10O19. The molecule has 0 radical (unpaired) electrons. The first-order valence-corrected chi connectivity index (χ1v) is 31.8. The number of allylic oxidation sites excluding steroid dienone is 3. The number of rotatable bonds is 24. The van der Waals surface area contributed by atoms with Crippen LogP contribution in [0.3, 0.4) is 0 Å². The van der Waals surface area contributed by atoms with Crippen LogP contribution in [-0.2, 0) is 68.5 Å². The summed E-state index contributed by atoms with van der Waals surface area (Å²) in [7, 11) is 5.87. The van der Waals surface area contributed by atoms with Gasteiger partial charge in [-0.3, -0.25) is 38.9 Å². The van der Waals surface area contributed by atoms with E-state index in [1.165, 1.54) is 43.2 Å². The first-order chi connectivity index (χ1) is 44.5. The highest BCUT2D eigenvalue weighted by Gasteiger charge is 2.64. The van der Waals surface area contributed by atoms with Crippen LogP contribution in [-0.4, -0.2) is 201 Å².